The molecule has 0 aliphatic heterocycles. The van der Waals surface area contributed by atoms with Gasteiger partial charge in [-0.15, -0.1) is 0 Å². The quantitative estimate of drug-likeness (QED) is 0.781. The molecule has 1 aromatic carbocycles. The van der Waals surface area contributed by atoms with Gasteiger partial charge in [0.15, 0.2) is 0 Å². The number of pyridine rings is 1. The summed E-state index contributed by atoms with van der Waals surface area (Å²) in [7, 11) is -0.957. The monoisotopic (exact) mass is 308 g/mol. The average molecular weight is 308 g/mol. The number of hydrogen-bond acceptors (Lipinski definition) is 5. The highest BCUT2D eigenvalue weighted by Gasteiger charge is 2.23. The Bertz CT molecular complexity index is 753. The lowest BCUT2D eigenvalue weighted by atomic mass is 10.2. The fourth-order valence-electron chi connectivity index (χ4n) is 1.96. The Kier molecular flexibility index (Phi) is 4.54. The van der Waals surface area contributed by atoms with Crippen molar-refractivity contribution in [1.29, 1.82) is 0 Å². The van der Waals surface area contributed by atoms with E-state index in [0.717, 1.165) is 9.69 Å². The molecule has 0 aliphatic rings. The van der Waals surface area contributed by atoms with Gasteiger partial charge in [0.2, 0.25) is 10.0 Å². The highest BCUT2D eigenvalue weighted by Crippen LogP contribution is 2.24. The lowest BCUT2D eigenvalue weighted by Gasteiger charge is -2.17. The SMILES string of the molecule is COC(=O)CCN(C)S(=O)(=O)c1cccc2cnccc12. The van der Waals surface area contributed by atoms with Gasteiger partial charge in [-0.2, -0.15) is 0 Å². The van der Waals surface area contributed by atoms with Crippen LogP contribution in [-0.2, 0) is 19.6 Å². The maximum atomic E-state index is 12.6. The van der Waals surface area contributed by atoms with Crippen LogP contribution >= 0.6 is 0 Å². The highest BCUT2D eigenvalue weighted by atomic mass is 32.2. The Morgan fingerprint density at radius 2 is 2.10 bits per heavy atom. The van der Waals surface area contributed by atoms with E-state index in [9.17, 15) is 13.2 Å². The van der Waals surface area contributed by atoms with Crippen molar-refractivity contribution in [3.63, 3.8) is 0 Å². The Labute approximate surface area is 123 Å². The molecule has 7 heteroatoms. The van der Waals surface area contributed by atoms with E-state index in [0.29, 0.717) is 5.39 Å². The van der Waals surface area contributed by atoms with E-state index in [-0.39, 0.29) is 17.9 Å². The lowest BCUT2D eigenvalue weighted by Crippen LogP contribution is -2.29. The van der Waals surface area contributed by atoms with Gasteiger partial charge in [-0.1, -0.05) is 12.1 Å². The normalized spacial score (nSPS) is 11.8. The summed E-state index contributed by atoms with van der Waals surface area (Å²) in [6, 6.07) is 6.68. The van der Waals surface area contributed by atoms with Crippen LogP contribution < -0.4 is 0 Å². The van der Waals surface area contributed by atoms with Crippen molar-refractivity contribution >= 4 is 26.8 Å². The number of fused-ring (bicyclic) bond motifs is 1. The summed E-state index contributed by atoms with van der Waals surface area (Å²) in [5.41, 5.74) is 0. The third-order valence-corrected chi connectivity index (χ3v) is 5.10. The smallest absolute Gasteiger partial charge is 0.306 e. The van der Waals surface area contributed by atoms with Crippen molar-refractivity contribution in [1.82, 2.24) is 9.29 Å². The van der Waals surface area contributed by atoms with Gasteiger partial charge in [0, 0.05) is 36.8 Å². The maximum absolute atomic E-state index is 12.6. The molecule has 0 saturated carbocycles. The molecule has 0 atom stereocenters. The first-order valence-electron chi connectivity index (χ1n) is 6.32. The first kappa shape index (κ1) is 15.4. The van der Waals surface area contributed by atoms with Crippen LogP contribution in [0.15, 0.2) is 41.6 Å². The number of nitrogens with zero attached hydrogens (tertiary/aromatic N) is 2. The van der Waals surface area contributed by atoms with Gasteiger partial charge in [0.25, 0.3) is 0 Å². The van der Waals surface area contributed by atoms with Gasteiger partial charge < -0.3 is 4.74 Å². The van der Waals surface area contributed by atoms with E-state index in [1.54, 1.807) is 36.7 Å². The predicted octanol–water partition coefficient (Wildman–Crippen LogP) is 1.42. The number of methoxy groups -OCH3 is 1. The molecule has 2 aromatic rings. The Hall–Kier alpha value is -1.99. The number of ether oxygens (including phenoxy) is 1. The molecule has 0 unspecified atom stereocenters. The largest absolute Gasteiger partial charge is 0.469 e. The summed E-state index contributed by atoms with van der Waals surface area (Å²) in [5, 5.41) is 1.36. The number of rotatable bonds is 5. The Morgan fingerprint density at radius 1 is 1.33 bits per heavy atom. The third-order valence-electron chi connectivity index (χ3n) is 3.19. The van der Waals surface area contributed by atoms with Crippen molar-refractivity contribution < 1.29 is 17.9 Å². The molecular weight excluding hydrogens is 292 g/mol. The minimum Gasteiger partial charge on any atom is -0.469 e. The zero-order valence-corrected chi connectivity index (χ0v) is 12.6. The molecule has 0 amide bonds. The van der Waals surface area contributed by atoms with Crippen LogP contribution in [0.1, 0.15) is 6.42 Å². The first-order chi connectivity index (χ1) is 9.96. The number of carbonyl (C=O) groups excluding carboxylic acids is 1. The molecule has 21 heavy (non-hydrogen) atoms. The van der Waals surface area contributed by atoms with Crippen molar-refractivity contribution in [3.8, 4) is 0 Å². The van der Waals surface area contributed by atoms with Crippen molar-refractivity contribution in [2.45, 2.75) is 11.3 Å². The number of hydrogen-bond donors (Lipinski definition) is 0. The van der Waals surface area contributed by atoms with E-state index < -0.39 is 16.0 Å². The second-order valence-electron chi connectivity index (χ2n) is 4.51. The van der Waals surface area contributed by atoms with Crippen LogP contribution in [0.3, 0.4) is 0 Å². The van der Waals surface area contributed by atoms with Gasteiger partial charge in [0.05, 0.1) is 18.4 Å². The topological polar surface area (TPSA) is 76.6 Å². The van der Waals surface area contributed by atoms with Crippen LogP contribution in [0.5, 0.6) is 0 Å². The molecule has 1 aromatic heterocycles. The standard InChI is InChI=1S/C14H16N2O4S/c1-16(9-7-14(17)20-2)21(18,19)13-5-3-4-11-10-15-8-6-12(11)13/h3-6,8,10H,7,9H2,1-2H3. The molecule has 0 N–H and O–H groups in total. The lowest BCUT2D eigenvalue weighted by molar-refractivity contribution is -0.140. The van der Waals surface area contributed by atoms with Crippen molar-refractivity contribution in [2.24, 2.45) is 0 Å². The van der Waals surface area contributed by atoms with Gasteiger partial charge in [0.1, 0.15) is 0 Å². The molecule has 2 rings (SSSR count). The average Bonchev–Trinajstić information content (AvgIpc) is 2.51. The fourth-order valence-corrected chi connectivity index (χ4v) is 3.34. The van der Waals surface area contributed by atoms with Crippen LogP contribution in [0.2, 0.25) is 0 Å². The second-order valence-corrected chi connectivity index (χ2v) is 6.52. The summed E-state index contributed by atoms with van der Waals surface area (Å²) in [6.45, 7) is 0.0660. The number of benzene rings is 1. The molecule has 6 nitrogen and oxygen atoms in total. The van der Waals surface area contributed by atoms with E-state index in [1.807, 2.05) is 0 Å². The molecule has 0 fully saturated rings. The van der Waals surface area contributed by atoms with E-state index in [1.165, 1.54) is 14.2 Å². The Balaban J connectivity index is 2.35. The summed E-state index contributed by atoms with van der Waals surface area (Å²) in [5.74, 6) is -0.445. The predicted molar refractivity (Wildman–Crippen MR) is 78.2 cm³/mol. The van der Waals surface area contributed by atoms with E-state index in [2.05, 4.69) is 9.72 Å². The minimum absolute atomic E-state index is 0.0125. The minimum atomic E-state index is -3.67. The zero-order chi connectivity index (χ0) is 15.5. The van der Waals surface area contributed by atoms with Crippen molar-refractivity contribution in [2.75, 3.05) is 20.7 Å². The van der Waals surface area contributed by atoms with Crippen LogP contribution in [0.4, 0.5) is 0 Å². The molecule has 112 valence electrons. The Morgan fingerprint density at radius 3 is 2.81 bits per heavy atom. The van der Waals surface area contributed by atoms with Crippen LogP contribution in [0.25, 0.3) is 10.8 Å². The molecule has 0 saturated heterocycles. The van der Waals surface area contributed by atoms with Gasteiger partial charge in [-0.05, 0) is 12.1 Å². The molecule has 0 aliphatic carbocycles. The first-order valence-corrected chi connectivity index (χ1v) is 7.76. The summed E-state index contributed by atoms with van der Waals surface area (Å²) in [4.78, 5) is 15.3. The van der Waals surface area contributed by atoms with Gasteiger partial charge >= 0.3 is 5.97 Å². The zero-order valence-electron chi connectivity index (χ0n) is 11.8. The number of esters is 1. The number of carbonyl (C=O) groups is 1. The molecule has 0 bridgehead atoms. The molecule has 0 radical (unpaired) electrons. The second kappa shape index (κ2) is 6.19. The van der Waals surface area contributed by atoms with E-state index in [4.69, 9.17) is 0 Å². The number of sulfonamides is 1. The fraction of sp³-hybridized carbons (Fsp3) is 0.286. The summed E-state index contributed by atoms with van der Waals surface area (Å²) >= 11 is 0. The summed E-state index contributed by atoms with van der Waals surface area (Å²) < 4.78 is 30.9. The van der Waals surface area contributed by atoms with Gasteiger partial charge in [-0.3, -0.25) is 9.78 Å². The highest BCUT2D eigenvalue weighted by molar-refractivity contribution is 7.89. The van der Waals surface area contributed by atoms with Crippen LogP contribution in [0, 0.1) is 0 Å². The third kappa shape index (κ3) is 3.20. The maximum Gasteiger partial charge on any atom is 0.306 e. The molecular formula is C14H16N2O4S. The summed E-state index contributed by atoms with van der Waals surface area (Å²) in [6.07, 6.45) is 3.18. The van der Waals surface area contributed by atoms with Crippen molar-refractivity contribution in [3.05, 3.63) is 36.7 Å². The van der Waals surface area contributed by atoms with E-state index >= 15 is 0 Å². The van der Waals surface area contributed by atoms with Crippen LogP contribution in [-0.4, -0.2) is 44.4 Å². The molecule has 0 spiro atoms. The number of aromatic nitrogens is 1. The molecule has 1 heterocycles. The van der Waals surface area contributed by atoms with Gasteiger partial charge in [-0.25, -0.2) is 12.7 Å².